The Balaban J connectivity index is 2.02. The fourth-order valence-corrected chi connectivity index (χ4v) is 2.80. The number of hydrogen-bond donors (Lipinski definition) is 1. The molecule has 1 heterocycles. The van der Waals surface area contributed by atoms with Gasteiger partial charge in [0.2, 0.25) is 0 Å². The fraction of sp³-hybridized carbons (Fsp3) is 0.467. The topological polar surface area (TPSA) is 33.4 Å². The van der Waals surface area contributed by atoms with Crippen molar-refractivity contribution in [2.45, 2.75) is 44.1 Å². The van der Waals surface area contributed by atoms with Crippen LogP contribution in [0.1, 0.15) is 44.3 Å². The van der Waals surface area contributed by atoms with E-state index in [4.69, 9.17) is 4.42 Å². The van der Waals surface area contributed by atoms with Crippen LogP contribution in [0.15, 0.2) is 28.7 Å². The van der Waals surface area contributed by atoms with E-state index in [1.54, 1.807) is 12.1 Å². The molecule has 2 nitrogen and oxygen atoms in total. The molecule has 0 saturated heterocycles. The van der Waals surface area contributed by atoms with E-state index in [0.29, 0.717) is 11.3 Å². The molecular weight excluding hydrogens is 231 g/mol. The third kappa shape index (κ3) is 2.03. The molecule has 1 saturated carbocycles. The highest BCUT2D eigenvalue weighted by Gasteiger charge is 2.33. The number of hydrogen-bond acceptors (Lipinski definition) is 2. The lowest BCUT2D eigenvalue weighted by Gasteiger charge is -2.23. The molecule has 0 unspecified atom stereocenters. The zero-order valence-electron chi connectivity index (χ0n) is 10.3. The zero-order chi connectivity index (χ0) is 12.6. The summed E-state index contributed by atoms with van der Waals surface area (Å²) < 4.78 is 18.8. The number of halogens is 1. The lowest BCUT2D eigenvalue weighted by Crippen LogP contribution is -2.23. The number of fused-ring (bicyclic) bond motifs is 1. The minimum Gasteiger partial charge on any atom is -0.458 e. The summed E-state index contributed by atoms with van der Waals surface area (Å²) in [6.07, 6.45) is 5.82. The number of aliphatic hydroxyl groups is 1. The first-order chi connectivity index (χ1) is 8.67. The van der Waals surface area contributed by atoms with Crippen LogP contribution in [0.4, 0.5) is 4.39 Å². The van der Waals surface area contributed by atoms with Crippen molar-refractivity contribution >= 4 is 11.0 Å². The first-order valence-electron chi connectivity index (χ1n) is 6.59. The zero-order valence-corrected chi connectivity index (χ0v) is 10.3. The molecular formula is C15H17FO2. The van der Waals surface area contributed by atoms with Crippen LogP contribution < -0.4 is 0 Å². The van der Waals surface area contributed by atoms with Crippen LogP contribution in [0.2, 0.25) is 0 Å². The van der Waals surface area contributed by atoms with Gasteiger partial charge in [-0.2, -0.15) is 0 Å². The maximum absolute atomic E-state index is 13.1. The Bertz CT molecular complexity index is 551. The van der Waals surface area contributed by atoms with Crippen LogP contribution >= 0.6 is 0 Å². The number of rotatable bonds is 1. The summed E-state index contributed by atoms with van der Waals surface area (Å²) in [6.45, 7) is 0. The van der Waals surface area contributed by atoms with Crippen LogP contribution in [0.25, 0.3) is 11.0 Å². The predicted octanol–water partition coefficient (Wildman–Crippen LogP) is 4.11. The Morgan fingerprint density at radius 3 is 2.50 bits per heavy atom. The molecule has 0 amide bonds. The van der Waals surface area contributed by atoms with Gasteiger partial charge in [0.15, 0.2) is 0 Å². The van der Waals surface area contributed by atoms with Gasteiger partial charge in [0, 0.05) is 5.39 Å². The quantitative estimate of drug-likeness (QED) is 0.770. The highest BCUT2D eigenvalue weighted by Crippen LogP contribution is 2.38. The molecule has 3 heteroatoms. The van der Waals surface area contributed by atoms with Gasteiger partial charge < -0.3 is 9.52 Å². The average Bonchev–Trinajstić information content (AvgIpc) is 2.65. The highest BCUT2D eigenvalue weighted by molar-refractivity contribution is 5.78. The maximum Gasteiger partial charge on any atom is 0.136 e. The van der Waals surface area contributed by atoms with Gasteiger partial charge in [-0.1, -0.05) is 25.7 Å². The minimum absolute atomic E-state index is 0.275. The first kappa shape index (κ1) is 11.7. The van der Waals surface area contributed by atoms with Gasteiger partial charge in [-0.15, -0.1) is 0 Å². The Morgan fingerprint density at radius 1 is 1.06 bits per heavy atom. The normalized spacial score (nSPS) is 19.9. The molecule has 0 atom stereocenters. The summed E-state index contributed by atoms with van der Waals surface area (Å²) in [7, 11) is 0. The van der Waals surface area contributed by atoms with Crippen molar-refractivity contribution in [2.75, 3.05) is 0 Å². The molecule has 1 aromatic carbocycles. The van der Waals surface area contributed by atoms with E-state index in [0.717, 1.165) is 43.9 Å². The van der Waals surface area contributed by atoms with E-state index in [-0.39, 0.29) is 5.82 Å². The van der Waals surface area contributed by atoms with Crippen LogP contribution in [0.5, 0.6) is 0 Å². The smallest absolute Gasteiger partial charge is 0.136 e. The molecule has 18 heavy (non-hydrogen) atoms. The Labute approximate surface area is 105 Å². The molecule has 0 aliphatic heterocycles. The molecule has 96 valence electrons. The van der Waals surface area contributed by atoms with Crippen molar-refractivity contribution < 1.29 is 13.9 Å². The molecule has 1 aliphatic rings. The third-order valence-electron chi connectivity index (χ3n) is 3.87. The molecule has 1 N–H and O–H groups in total. The van der Waals surface area contributed by atoms with Crippen molar-refractivity contribution in [2.24, 2.45) is 0 Å². The van der Waals surface area contributed by atoms with Crippen molar-refractivity contribution in [3.05, 3.63) is 35.8 Å². The second-order valence-electron chi connectivity index (χ2n) is 5.24. The van der Waals surface area contributed by atoms with Gasteiger partial charge in [-0.25, -0.2) is 4.39 Å². The predicted molar refractivity (Wildman–Crippen MR) is 67.8 cm³/mol. The average molecular weight is 248 g/mol. The molecule has 1 aromatic heterocycles. The molecule has 1 aliphatic carbocycles. The molecule has 0 bridgehead atoms. The summed E-state index contributed by atoms with van der Waals surface area (Å²) in [5.41, 5.74) is -0.226. The van der Waals surface area contributed by atoms with E-state index < -0.39 is 5.60 Å². The molecule has 1 fully saturated rings. The van der Waals surface area contributed by atoms with Crippen LogP contribution in [-0.2, 0) is 5.60 Å². The third-order valence-corrected chi connectivity index (χ3v) is 3.87. The fourth-order valence-electron chi connectivity index (χ4n) is 2.80. The number of benzene rings is 1. The van der Waals surface area contributed by atoms with Crippen LogP contribution in [0, 0.1) is 5.82 Å². The summed E-state index contributed by atoms with van der Waals surface area (Å²) >= 11 is 0. The van der Waals surface area contributed by atoms with Gasteiger partial charge in [0.25, 0.3) is 0 Å². The summed E-state index contributed by atoms with van der Waals surface area (Å²) in [5, 5.41) is 11.4. The second kappa shape index (κ2) is 4.39. The van der Waals surface area contributed by atoms with Crippen molar-refractivity contribution in [3.8, 4) is 0 Å². The van der Waals surface area contributed by atoms with Gasteiger partial charge in [0.1, 0.15) is 22.8 Å². The van der Waals surface area contributed by atoms with Gasteiger partial charge >= 0.3 is 0 Å². The van der Waals surface area contributed by atoms with Crippen LogP contribution in [0.3, 0.4) is 0 Å². The van der Waals surface area contributed by atoms with Crippen molar-refractivity contribution in [1.29, 1.82) is 0 Å². The maximum atomic E-state index is 13.1. The van der Waals surface area contributed by atoms with E-state index in [2.05, 4.69) is 0 Å². The minimum atomic E-state index is -0.869. The molecule has 0 radical (unpaired) electrons. The van der Waals surface area contributed by atoms with Crippen molar-refractivity contribution in [3.63, 3.8) is 0 Å². The second-order valence-corrected chi connectivity index (χ2v) is 5.24. The van der Waals surface area contributed by atoms with Gasteiger partial charge in [0.05, 0.1) is 0 Å². The summed E-state index contributed by atoms with van der Waals surface area (Å²) in [4.78, 5) is 0. The first-order valence-corrected chi connectivity index (χ1v) is 6.59. The molecule has 0 spiro atoms. The SMILES string of the molecule is OC1(c2cc3cc(F)ccc3o2)CCCCCC1. The molecule has 2 aromatic rings. The lowest BCUT2D eigenvalue weighted by molar-refractivity contribution is 0.00116. The Kier molecular flexibility index (Phi) is 2.86. The van der Waals surface area contributed by atoms with E-state index >= 15 is 0 Å². The van der Waals surface area contributed by atoms with E-state index in [1.165, 1.54) is 12.1 Å². The van der Waals surface area contributed by atoms with E-state index in [9.17, 15) is 9.50 Å². The monoisotopic (exact) mass is 248 g/mol. The standard InChI is InChI=1S/C15H17FO2/c16-12-5-6-13-11(9-12)10-14(18-13)15(17)7-3-1-2-4-8-15/h5-6,9-10,17H,1-4,7-8H2. The Morgan fingerprint density at radius 2 is 1.78 bits per heavy atom. The summed E-state index contributed by atoms with van der Waals surface area (Å²) in [6, 6.07) is 6.23. The number of furan rings is 1. The van der Waals surface area contributed by atoms with E-state index in [1.807, 2.05) is 0 Å². The largest absolute Gasteiger partial charge is 0.458 e. The van der Waals surface area contributed by atoms with Gasteiger partial charge in [-0.3, -0.25) is 0 Å². The summed E-state index contributed by atoms with van der Waals surface area (Å²) in [5.74, 6) is 0.313. The molecule has 3 rings (SSSR count). The van der Waals surface area contributed by atoms with Crippen LogP contribution in [-0.4, -0.2) is 5.11 Å². The highest BCUT2D eigenvalue weighted by atomic mass is 19.1. The lowest BCUT2D eigenvalue weighted by atomic mass is 9.91. The van der Waals surface area contributed by atoms with Gasteiger partial charge in [-0.05, 0) is 37.1 Å². The Hall–Kier alpha value is -1.35. The van der Waals surface area contributed by atoms with Crippen molar-refractivity contribution in [1.82, 2.24) is 0 Å².